The van der Waals surface area contributed by atoms with Crippen LogP contribution >= 0.6 is 11.3 Å². The van der Waals surface area contributed by atoms with Crippen LogP contribution in [0.2, 0.25) is 0 Å². The van der Waals surface area contributed by atoms with E-state index in [4.69, 9.17) is 0 Å². The van der Waals surface area contributed by atoms with Crippen LogP contribution in [0.3, 0.4) is 0 Å². The number of hydrogen-bond donors (Lipinski definition) is 0. The summed E-state index contributed by atoms with van der Waals surface area (Å²) in [6.45, 7) is 9.67. The number of sulfonamides is 1. The highest BCUT2D eigenvalue weighted by Gasteiger charge is 2.25. The second-order valence-electron chi connectivity index (χ2n) is 5.76. The molecule has 0 amide bonds. The zero-order valence-electron chi connectivity index (χ0n) is 14.6. The molecule has 0 radical (unpaired) electrons. The van der Waals surface area contributed by atoms with Gasteiger partial charge < -0.3 is 4.90 Å². The maximum Gasteiger partial charge on any atom is 0.243 e. The van der Waals surface area contributed by atoms with Gasteiger partial charge in [0.2, 0.25) is 10.0 Å². The largest absolute Gasteiger partial charge is 0.303 e. The number of aryl methyl sites for hydroxylation is 1. The quantitative estimate of drug-likeness (QED) is 0.681. The zero-order chi connectivity index (χ0) is 17.6. The molecule has 0 aliphatic heterocycles. The van der Waals surface area contributed by atoms with Gasteiger partial charge in [0, 0.05) is 24.5 Å². The lowest BCUT2D eigenvalue weighted by molar-refractivity contribution is 0.269. The third-order valence-electron chi connectivity index (χ3n) is 4.13. The Bertz CT molecular complexity index is 706. The van der Waals surface area contributed by atoms with Crippen molar-refractivity contribution < 1.29 is 8.42 Å². The van der Waals surface area contributed by atoms with E-state index in [1.807, 2.05) is 36.6 Å². The van der Waals surface area contributed by atoms with Crippen molar-refractivity contribution >= 4 is 21.4 Å². The van der Waals surface area contributed by atoms with Gasteiger partial charge in [0.25, 0.3) is 0 Å². The molecule has 0 unspecified atom stereocenters. The Morgan fingerprint density at radius 3 is 2.21 bits per heavy atom. The monoisotopic (exact) mass is 366 g/mol. The standard InChI is InChI=1S/C18H26N2O2S2/c1-4-19(5-2)12-13-20(15-17-7-6-14-23-17)24(21,22)18-10-8-16(3)9-11-18/h6-11,14H,4-5,12-13,15H2,1-3H3. The van der Waals surface area contributed by atoms with Crippen molar-refractivity contribution in [2.45, 2.75) is 32.2 Å². The summed E-state index contributed by atoms with van der Waals surface area (Å²) in [4.78, 5) is 3.67. The first-order valence-corrected chi connectivity index (χ1v) is 10.6. The van der Waals surface area contributed by atoms with E-state index in [2.05, 4.69) is 18.7 Å². The van der Waals surface area contributed by atoms with Crippen molar-refractivity contribution in [1.82, 2.24) is 9.21 Å². The first kappa shape index (κ1) is 19.1. The van der Waals surface area contributed by atoms with Crippen LogP contribution in [-0.4, -0.2) is 43.8 Å². The minimum atomic E-state index is -3.49. The van der Waals surface area contributed by atoms with Gasteiger partial charge >= 0.3 is 0 Å². The van der Waals surface area contributed by atoms with E-state index in [1.165, 1.54) is 0 Å². The maximum atomic E-state index is 13.1. The van der Waals surface area contributed by atoms with Gasteiger partial charge in [-0.2, -0.15) is 4.31 Å². The number of benzene rings is 1. The minimum absolute atomic E-state index is 0.365. The van der Waals surface area contributed by atoms with Gasteiger partial charge in [0.15, 0.2) is 0 Å². The summed E-state index contributed by atoms with van der Waals surface area (Å²) < 4.78 is 27.7. The van der Waals surface area contributed by atoms with E-state index in [0.717, 1.165) is 30.1 Å². The van der Waals surface area contributed by atoms with E-state index >= 15 is 0 Å². The summed E-state index contributed by atoms with van der Waals surface area (Å²) in [6.07, 6.45) is 0. The Morgan fingerprint density at radius 1 is 1.00 bits per heavy atom. The molecule has 0 saturated carbocycles. The lowest BCUT2D eigenvalue weighted by atomic mass is 10.2. The Labute approximate surface area is 149 Å². The molecule has 0 aliphatic rings. The van der Waals surface area contributed by atoms with E-state index in [1.54, 1.807) is 27.8 Å². The molecule has 4 nitrogen and oxygen atoms in total. The van der Waals surface area contributed by atoms with E-state index in [-0.39, 0.29) is 0 Å². The molecule has 0 spiro atoms. The predicted octanol–water partition coefficient (Wildman–Crippen LogP) is 3.59. The van der Waals surface area contributed by atoms with Crippen molar-refractivity contribution in [1.29, 1.82) is 0 Å². The van der Waals surface area contributed by atoms with Crippen LogP contribution in [0.5, 0.6) is 0 Å². The molecule has 6 heteroatoms. The summed E-state index contributed by atoms with van der Waals surface area (Å²) in [6, 6.07) is 11.0. The lowest BCUT2D eigenvalue weighted by Gasteiger charge is -2.25. The smallest absolute Gasteiger partial charge is 0.243 e. The van der Waals surface area contributed by atoms with E-state index in [0.29, 0.717) is 18.0 Å². The third-order valence-corrected chi connectivity index (χ3v) is 6.85. The number of thiophene rings is 1. The van der Waals surface area contributed by atoms with Gasteiger partial charge in [-0.25, -0.2) is 8.42 Å². The molecule has 1 aromatic heterocycles. The molecule has 24 heavy (non-hydrogen) atoms. The number of hydrogen-bond acceptors (Lipinski definition) is 4. The van der Waals surface area contributed by atoms with Crippen LogP contribution in [0.1, 0.15) is 24.3 Å². The number of likely N-dealkylation sites (N-methyl/N-ethyl adjacent to an activating group) is 1. The molecule has 0 bridgehead atoms. The highest BCUT2D eigenvalue weighted by molar-refractivity contribution is 7.89. The van der Waals surface area contributed by atoms with Gasteiger partial charge in [-0.3, -0.25) is 0 Å². The molecule has 0 saturated heterocycles. The molecule has 1 aromatic carbocycles. The number of rotatable bonds is 9. The average Bonchev–Trinajstić information content (AvgIpc) is 3.08. The van der Waals surface area contributed by atoms with Crippen LogP contribution < -0.4 is 0 Å². The molecule has 2 aromatic rings. The van der Waals surface area contributed by atoms with Crippen molar-refractivity contribution in [2.75, 3.05) is 26.2 Å². The Kier molecular flexibility index (Phi) is 6.98. The van der Waals surface area contributed by atoms with Crippen LogP contribution in [0, 0.1) is 6.92 Å². The Balaban J connectivity index is 2.24. The van der Waals surface area contributed by atoms with Gasteiger partial charge in [0.05, 0.1) is 4.90 Å². The zero-order valence-corrected chi connectivity index (χ0v) is 16.2. The Hall–Kier alpha value is -1.21. The van der Waals surface area contributed by atoms with Crippen molar-refractivity contribution in [2.24, 2.45) is 0 Å². The topological polar surface area (TPSA) is 40.6 Å². The third kappa shape index (κ3) is 4.89. The van der Waals surface area contributed by atoms with Crippen LogP contribution in [0.15, 0.2) is 46.7 Å². The van der Waals surface area contributed by atoms with Crippen molar-refractivity contribution in [3.63, 3.8) is 0 Å². The molecule has 2 rings (SSSR count). The molecule has 0 atom stereocenters. The van der Waals surface area contributed by atoms with Crippen LogP contribution in [0.25, 0.3) is 0 Å². The first-order valence-electron chi connectivity index (χ1n) is 8.29. The summed E-state index contributed by atoms with van der Waals surface area (Å²) in [5, 5.41) is 1.98. The molecular weight excluding hydrogens is 340 g/mol. The van der Waals surface area contributed by atoms with Gasteiger partial charge in [-0.05, 0) is 43.6 Å². The Morgan fingerprint density at radius 2 is 1.67 bits per heavy atom. The van der Waals surface area contributed by atoms with E-state index < -0.39 is 10.0 Å². The summed E-state index contributed by atoms with van der Waals surface area (Å²) in [7, 11) is -3.49. The summed E-state index contributed by atoms with van der Waals surface area (Å²) in [5.41, 5.74) is 1.06. The normalized spacial score (nSPS) is 12.2. The molecule has 0 N–H and O–H groups in total. The minimum Gasteiger partial charge on any atom is -0.303 e. The van der Waals surface area contributed by atoms with Gasteiger partial charge in [-0.15, -0.1) is 11.3 Å². The first-order chi connectivity index (χ1) is 11.5. The molecule has 0 aliphatic carbocycles. The van der Waals surface area contributed by atoms with Gasteiger partial charge in [-0.1, -0.05) is 37.6 Å². The molecular formula is C18H26N2O2S2. The van der Waals surface area contributed by atoms with E-state index in [9.17, 15) is 8.42 Å². The SMILES string of the molecule is CCN(CC)CCN(Cc1cccs1)S(=O)(=O)c1ccc(C)cc1. The fourth-order valence-electron chi connectivity index (χ4n) is 2.51. The van der Waals surface area contributed by atoms with Crippen LogP contribution in [0.4, 0.5) is 0 Å². The highest BCUT2D eigenvalue weighted by Crippen LogP contribution is 2.21. The highest BCUT2D eigenvalue weighted by atomic mass is 32.2. The maximum absolute atomic E-state index is 13.1. The van der Waals surface area contributed by atoms with Crippen LogP contribution in [-0.2, 0) is 16.6 Å². The average molecular weight is 367 g/mol. The fraction of sp³-hybridized carbons (Fsp3) is 0.444. The second-order valence-corrected chi connectivity index (χ2v) is 8.73. The predicted molar refractivity (Wildman–Crippen MR) is 101 cm³/mol. The van der Waals surface area contributed by atoms with Crippen molar-refractivity contribution in [3.05, 3.63) is 52.2 Å². The summed E-state index contributed by atoms with van der Waals surface area (Å²) in [5.74, 6) is 0. The molecule has 1 heterocycles. The lowest BCUT2D eigenvalue weighted by Crippen LogP contribution is -2.38. The molecule has 0 fully saturated rings. The fourth-order valence-corrected chi connectivity index (χ4v) is 4.72. The van der Waals surface area contributed by atoms with Crippen molar-refractivity contribution in [3.8, 4) is 0 Å². The summed E-state index contributed by atoms with van der Waals surface area (Å²) >= 11 is 1.59. The van der Waals surface area contributed by atoms with Gasteiger partial charge in [0.1, 0.15) is 0 Å². The number of nitrogens with zero attached hydrogens (tertiary/aromatic N) is 2. The second kappa shape index (κ2) is 8.76. The molecule has 132 valence electrons.